The van der Waals surface area contributed by atoms with Crippen LogP contribution in [0.4, 0.5) is 0 Å². The highest BCUT2D eigenvalue weighted by Gasteiger charge is 2.16. The van der Waals surface area contributed by atoms with Crippen LogP contribution in [-0.4, -0.2) is 61.3 Å². The molecule has 1 rings (SSSR count). The van der Waals surface area contributed by atoms with Crippen LogP contribution in [0.1, 0.15) is 13.3 Å². The van der Waals surface area contributed by atoms with Gasteiger partial charge in [0.2, 0.25) is 5.91 Å². The Kier molecular flexibility index (Phi) is 5.93. The van der Waals surface area contributed by atoms with E-state index in [1.807, 2.05) is 0 Å². The molecular weight excluding hydrogens is 224 g/mol. The van der Waals surface area contributed by atoms with E-state index in [1.165, 1.54) is 0 Å². The van der Waals surface area contributed by atoms with E-state index in [-0.39, 0.29) is 12.3 Å². The minimum atomic E-state index is -0.944. The van der Waals surface area contributed by atoms with E-state index in [1.54, 1.807) is 6.92 Å². The Balaban J connectivity index is 2.12. The molecule has 0 bridgehead atoms. The van der Waals surface area contributed by atoms with Crippen LogP contribution in [0.2, 0.25) is 0 Å². The molecule has 2 N–H and O–H groups in total. The molecule has 0 saturated carbocycles. The molecule has 6 nitrogen and oxygen atoms in total. The van der Waals surface area contributed by atoms with Crippen molar-refractivity contribution >= 4 is 11.9 Å². The Labute approximate surface area is 101 Å². The summed E-state index contributed by atoms with van der Waals surface area (Å²) in [6.45, 7) is 6.23. The number of carboxylic acids is 1. The molecule has 1 amide bonds. The molecule has 0 aromatic rings. The highest BCUT2D eigenvalue weighted by Crippen LogP contribution is 2.01. The fourth-order valence-corrected chi connectivity index (χ4v) is 1.69. The molecule has 1 aliphatic heterocycles. The van der Waals surface area contributed by atoms with Crippen LogP contribution in [-0.2, 0) is 14.3 Å². The Bertz CT molecular complexity index is 264. The van der Waals surface area contributed by atoms with E-state index in [2.05, 4.69) is 10.2 Å². The van der Waals surface area contributed by atoms with Gasteiger partial charge in [-0.05, 0) is 0 Å². The predicted octanol–water partition coefficient (Wildman–Crippen LogP) is -0.454. The predicted molar refractivity (Wildman–Crippen MR) is 61.7 cm³/mol. The lowest BCUT2D eigenvalue weighted by Crippen LogP contribution is -2.42. The number of rotatable bonds is 6. The molecule has 0 aliphatic carbocycles. The average molecular weight is 244 g/mol. The van der Waals surface area contributed by atoms with Crippen molar-refractivity contribution in [3.63, 3.8) is 0 Å². The molecule has 1 unspecified atom stereocenters. The molecule has 17 heavy (non-hydrogen) atoms. The molecule has 0 radical (unpaired) electrons. The first-order valence-electron chi connectivity index (χ1n) is 5.89. The SMILES string of the molecule is CC(CC(=O)O)C(=O)NCCN1CCOCC1. The molecule has 0 spiro atoms. The molecule has 1 saturated heterocycles. The lowest BCUT2D eigenvalue weighted by molar-refractivity contribution is -0.140. The fraction of sp³-hybridized carbons (Fsp3) is 0.818. The van der Waals surface area contributed by atoms with E-state index in [9.17, 15) is 9.59 Å². The number of hydrogen-bond donors (Lipinski definition) is 2. The molecule has 0 aromatic carbocycles. The van der Waals surface area contributed by atoms with Gasteiger partial charge in [0.15, 0.2) is 0 Å². The first-order chi connectivity index (χ1) is 8.09. The number of carboxylic acid groups (broad SMARTS) is 1. The third-order valence-corrected chi connectivity index (χ3v) is 2.76. The maximum absolute atomic E-state index is 11.5. The number of morpholine rings is 1. The van der Waals surface area contributed by atoms with E-state index >= 15 is 0 Å². The second-order valence-corrected chi connectivity index (χ2v) is 4.24. The van der Waals surface area contributed by atoms with Gasteiger partial charge in [-0.2, -0.15) is 0 Å². The topological polar surface area (TPSA) is 78.9 Å². The molecular formula is C11H20N2O4. The summed E-state index contributed by atoms with van der Waals surface area (Å²) in [5.41, 5.74) is 0. The minimum absolute atomic E-state index is 0.122. The zero-order valence-corrected chi connectivity index (χ0v) is 10.1. The Morgan fingerprint density at radius 2 is 2.06 bits per heavy atom. The number of nitrogens with zero attached hydrogens (tertiary/aromatic N) is 1. The number of hydrogen-bond acceptors (Lipinski definition) is 4. The van der Waals surface area contributed by atoms with Crippen LogP contribution in [0.15, 0.2) is 0 Å². The van der Waals surface area contributed by atoms with Crippen LogP contribution in [0.3, 0.4) is 0 Å². The van der Waals surface area contributed by atoms with Gasteiger partial charge < -0.3 is 15.2 Å². The van der Waals surface area contributed by atoms with Gasteiger partial charge in [0.25, 0.3) is 0 Å². The number of nitrogens with one attached hydrogen (secondary N) is 1. The average Bonchev–Trinajstić information content (AvgIpc) is 2.29. The van der Waals surface area contributed by atoms with E-state index in [0.29, 0.717) is 6.54 Å². The van der Waals surface area contributed by atoms with Crippen LogP contribution in [0.25, 0.3) is 0 Å². The van der Waals surface area contributed by atoms with Crippen LogP contribution < -0.4 is 5.32 Å². The molecule has 1 fully saturated rings. The zero-order chi connectivity index (χ0) is 12.7. The second-order valence-electron chi connectivity index (χ2n) is 4.24. The second kappa shape index (κ2) is 7.24. The summed E-state index contributed by atoms with van der Waals surface area (Å²) in [5, 5.41) is 11.3. The van der Waals surface area contributed by atoms with Crippen molar-refractivity contribution in [1.82, 2.24) is 10.2 Å². The monoisotopic (exact) mass is 244 g/mol. The van der Waals surface area contributed by atoms with Crippen molar-refractivity contribution in [1.29, 1.82) is 0 Å². The molecule has 1 atom stereocenters. The zero-order valence-electron chi connectivity index (χ0n) is 10.1. The van der Waals surface area contributed by atoms with Gasteiger partial charge in [-0.1, -0.05) is 6.92 Å². The summed E-state index contributed by atoms with van der Waals surface area (Å²) in [6, 6.07) is 0. The summed E-state index contributed by atoms with van der Waals surface area (Å²) < 4.78 is 5.21. The maximum atomic E-state index is 11.5. The first kappa shape index (κ1) is 13.9. The lowest BCUT2D eigenvalue weighted by atomic mass is 10.1. The summed E-state index contributed by atoms with van der Waals surface area (Å²) in [5.74, 6) is -1.61. The van der Waals surface area contributed by atoms with Gasteiger partial charge in [-0.15, -0.1) is 0 Å². The minimum Gasteiger partial charge on any atom is -0.481 e. The van der Waals surface area contributed by atoms with E-state index in [4.69, 9.17) is 9.84 Å². The number of carbonyl (C=O) groups excluding carboxylic acids is 1. The number of ether oxygens (including phenoxy) is 1. The van der Waals surface area contributed by atoms with Crippen molar-refractivity contribution in [3.8, 4) is 0 Å². The van der Waals surface area contributed by atoms with Gasteiger partial charge >= 0.3 is 5.97 Å². The van der Waals surface area contributed by atoms with Crippen molar-refractivity contribution in [2.45, 2.75) is 13.3 Å². The number of aliphatic carboxylic acids is 1. The smallest absolute Gasteiger partial charge is 0.304 e. The Morgan fingerprint density at radius 3 is 2.65 bits per heavy atom. The van der Waals surface area contributed by atoms with Gasteiger partial charge in [0.1, 0.15) is 0 Å². The normalized spacial score (nSPS) is 18.6. The van der Waals surface area contributed by atoms with Gasteiger partial charge in [0.05, 0.1) is 19.6 Å². The highest BCUT2D eigenvalue weighted by molar-refractivity contribution is 5.82. The fourth-order valence-electron chi connectivity index (χ4n) is 1.69. The van der Waals surface area contributed by atoms with Crippen molar-refractivity contribution in [2.75, 3.05) is 39.4 Å². The summed E-state index contributed by atoms with van der Waals surface area (Å²) in [7, 11) is 0. The lowest BCUT2D eigenvalue weighted by Gasteiger charge is -2.26. The van der Waals surface area contributed by atoms with Crippen LogP contribution in [0.5, 0.6) is 0 Å². The first-order valence-corrected chi connectivity index (χ1v) is 5.89. The maximum Gasteiger partial charge on any atom is 0.304 e. The van der Waals surface area contributed by atoms with E-state index in [0.717, 1.165) is 32.8 Å². The molecule has 1 heterocycles. The van der Waals surface area contributed by atoms with Gasteiger partial charge in [0, 0.05) is 32.1 Å². The quantitative estimate of drug-likeness (QED) is 0.661. The molecule has 0 aromatic heterocycles. The largest absolute Gasteiger partial charge is 0.481 e. The van der Waals surface area contributed by atoms with Crippen molar-refractivity contribution in [2.24, 2.45) is 5.92 Å². The van der Waals surface area contributed by atoms with E-state index < -0.39 is 11.9 Å². The Hall–Kier alpha value is -1.14. The van der Waals surface area contributed by atoms with Crippen molar-refractivity contribution < 1.29 is 19.4 Å². The van der Waals surface area contributed by atoms with Crippen molar-refractivity contribution in [3.05, 3.63) is 0 Å². The third kappa shape index (κ3) is 5.65. The molecule has 98 valence electrons. The Morgan fingerprint density at radius 1 is 1.41 bits per heavy atom. The summed E-state index contributed by atoms with van der Waals surface area (Å²) >= 11 is 0. The highest BCUT2D eigenvalue weighted by atomic mass is 16.5. The summed E-state index contributed by atoms with van der Waals surface area (Å²) in [4.78, 5) is 24.1. The van der Waals surface area contributed by atoms with Gasteiger partial charge in [-0.25, -0.2) is 0 Å². The standard InChI is InChI=1S/C11H20N2O4/c1-9(8-10(14)15)11(16)12-2-3-13-4-6-17-7-5-13/h9H,2-8H2,1H3,(H,12,16)(H,14,15). The third-order valence-electron chi connectivity index (χ3n) is 2.76. The summed E-state index contributed by atoms with van der Waals surface area (Å²) in [6.07, 6.45) is -0.122. The molecule has 1 aliphatic rings. The van der Waals surface area contributed by atoms with Crippen LogP contribution >= 0.6 is 0 Å². The number of amides is 1. The molecule has 6 heteroatoms. The van der Waals surface area contributed by atoms with Crippen LogP contribution in [0, 0.1) is 5.92 Å². The number of carbonyl (C=O) groups is 2. The van der Waals surface area contributed by atoms with Gasteiger partial charge in [-0.3, -0.25) is 14.5 Å².